The van der Waals surface area contributed by atoms with Crippen molar-refractivity contribution in [2.75, 3.05) is 12.4 Å². The Balaban J connectivity index is 1.98. The van der Waals surface area contributed by atoms with E-state index in [1.165, 1.54) is 6.08 Å². The molecule has 0 aromatic heterocycles. The number of carbonyl (C=O) groups is 1. The topological polar surface area (TPSA) is 50.4 Å². The highest BCUT2D eigenvalue weighted by atomic mass is 35.5. The van der Waals surface area contributed by atoms with E-state index < -0.39 is 0 Å². The van der Waals surface area contributed by atoms with Crippen molar-refractivity contribution >= 4 is 46.6 Å². The monoisotopic (exact) mass is 360 g/mol. The zero-order chi connectivity index (χ0) is 17.5. The Morgan fingerprint density at radius 2 is 2.00 bits per heavy atom. The fraction of sp³-hybridized carbons (Fsp3) is 0.111. The van der Waals surface area contributed by atoms with E-state index in [0.29, 0.717) is 10.8 Å². The maximum Gasteiger partial charge on any atom is 0.250 e. The van der Waals surface area contributed by atoms with Crippen LogP contribution in [0.25, 0.3) is 6.08 Å². The van der Waals surface area contributed by atoms with E-state index in [4.69, 9.17) is 28.6 Å². The lowest BCUT2D eigenvalue weighted by Gasteiger charge is -2.11. The third-order valence-electron chi connectivity index (χ3n) is 3.24. The van der Waals surface area contributed by atoms with Crippen molar-refractivity contribution in [3.63, 3.8) is 0 Å². The van der Waals surface area contributed by atoms with Crippen molar-refractivity contribution in [2.45, 2.75) is 6.92 Å². The first-order chi connectivity index (χ1) is 11.5. The van der Waals surface area contributed by atoms with Gasteiger partial charge in [-0.25, -0.2) is 0 Å². The SMILES string of the molecule is COc1ccccc1C=CC(=O)NC(=S)Nc1cc(Cl)ccc1C. The summed E-state index contributed by atoms with van der Waals surface area (Å²) in [6, 6.07) is 12.8. The van der Waals surface area contributed by atoms with Crippen LogP contribution in [0.3, 0.4) is 0 Å². The number of aryl methyl sites for hydroxylation is 1. The molecule has 0 bridgehead atoms. The molecular weight excluding hydrogens is 344 g/mol. The summed E-state index contributed by atoms with van der Waals surface area (Å²) >= 11 is 11.1. The molecule has 0 spiro atoms. The van der Waals surface area contributed by atoms with Crippen LogP contribution in [-0.4, -0.2) is 18.1 Å². The van der Waals surface area contributed by atoms with E-state index in [9.17, 15) is 4.79 Å². The van der Waals surface area contributed by atoms with Crippen molar-refractivity contribution in [1.82, 2.24) is 5.32 Å². The average Bonchev–Trinajstić information content (AvgIpc) is 2.56. The van der Waals surface area contributed by atoms with Crippen molar-refractivity contribution < 1.29 is 9.53 Å². The number of carbonyl (C=O) groups excluding carboxylic acids is 1. The summed E-state index contributed by atoms with van der Waals surface area (Å²) in [5.74, 6) is 0.356. The van der Waals surface area contributed by atoms with Crippen LogP contribution < -0.4 is 15.4 Å². The zero-order valence-electron chi connectivity index (χ0n) is 13.3. The Bertz CT molecular complexity index is 790. The van der Waals surface area contributed by atoms with Crippen LogP contribution in [0.1, 0.15) is 11.1 Å². The molecule has 0 fully saturated rings. The number of rotatable bonds is 4. The van der Waals surface area contributed by atoms with Crippen LogP contribution in [-0.2, 0) is 4.79 Å². The second-order valence-electron chi connectivity index (χ2n) is 4.98. The first-order valence-corrected chi connectivity index (χ1v) is 7.97. The molecule has 0 unspecified atom stereocenters. The second-order valence-corrected chi connectivity index (χ2v) is 5.82. The minimum Gasteiger partial charge on any atom is -0.496 e. The molecule has 0 aliphatic heterocycles. The van der Waals surface area contributed by atoms with Crippen molar-refractivity contribution in [1.29, 1.82) is 0 Å². The molecule has 1 amide bonds. The summed E-state index contributed by atoms with van der Waals surface area (Å²) in [4.78, 5) is 12.0. The molecule has 0 heterocycles. The summed E-state index contributed by atoms with van der Waals surface area (Å²) in [7, 11) is 1.58. The summed E-state index contributed by atoms with van der Waals surface area (Å²) in [5, 5.41) is 6.35. The molecule has 24 heavy (non-hydrogen) atoms. The predicted octanol–water partition coefficient (Wildman–Crippen LogP) is 4.18. The van der Waals surface area contributed by atoms with Crippen molar-refractivity contribution in [3.05, 3.63) is 64.7 Å². The molecule has 2 rings (SSSR count). The minimum absolute atomic E-state index is 0.204. The largest absolute Gasteiger partial charge is 0.496 e. The molecule has 4 nitrogen and oxygen atoms in total. The Hall–Kier alpha value is -2.37. The molecule has 0 aliphatic carbocycles. The summed E-state index contributed by atoms with van der Waals surface area (Å²) < 4.78 is 5.23. The third-order valence-corrected chi connectivity index (χ3v) is 3.68. The zero-order valence-corrected chi connectivity index (χ0v) is 14.9. The number of amides is 1. The minimum atomic E-state index is -0.335. The Kier molecular flexibility index (Phi) is 6.35. The molecular formula is C18H17ClN2O2S. The van der Waals surface area contributed by atoms with Gasteiger partial charge < -0.3 is 10.1 Å². The lowest BCUT2D eigenvalue weighted by atomic mass is 10.2. The molecule has 0 saturated heterocycles. The van der Waals surface area contributed by atoms with Gasteiger partial charge in [0.1, 0.15) is 5.75 Å². The molecule has 124 valence electrons. The highest BCUT2D eigenvalue weighted by Gasteiger charge is 2.05. The van der Waals surface area contributed by atoms with Crippen LogP contribution in [0.5, 0.6) is 5.75 Å². The van der Waals surface area contributed by atoms with Gasteiger partial charge in [0, 0.05) is 22.3 Å². The van der Waals surface area contributed by atoms with Crippen LogP contribution >= 0.6 is 23.8 Å². The van der Waals surface area contributed by atoms with Gasteiger partial charge in [0.25, 0.3) is 0 Å². The average molecular weight is 361 g/mol. The highest BCUT2D eigenvalue weighted by molar-refractivity contribution is 7.80. The van der Waals surface area contributed by atoms with E-state index >= 15 is 0 Å². The first kappa shape index (κ1) is 18.0. The van der Waals surface area contributed by atoms with Gasteiger partial charge in [0.15, 0.2) is 5.11 Å². The van der Waals surface area contributed by atoms with Crippen LogP contribution in [0, 0.1) is 6.92 Å². The van der Waals surface area contributed by atoms with Crippen molar-refractivity contribution in [2.24, 2.45) is 0 Å². The van der Waals surface area contributed by atoms with Crippen LogP contribution in [0.4, 0.5) is 5.69 Å². The van der Waals surface area contributed by atoms with Gasteiger partial charge in [-0.15, -0.1) is 0 Å². The highest BCUT2D eigenvalue weighted by Crippen LogP contribution is 2.20. The molecule has 0 saturated carbocycles. The summed E-state index contributed by atoms with van der Waals surface area (Å²) in [6.07, 6.45) is 3.07. The molecule has 2 N–H and O–H groups in total. The van der Waals surface area contributed by atoms with E-state index in [2.05, 4.69) is 10.6 Å². The van der Waals surface area contributed by atoms with Gasteiger partial charge in [-0.1, -0.05) is 35.9 Å². The van der Waals surface area contributed by atoms with Gasteiger partial charge in [0.05, 0.1) is 7.11 Å². The number of methoxy groups -OCH3 is 1. The van der Waals surface area contributed by atoms with Crippen LogP contribution in [0.15, 0.2) is 48.5 Å². The van der Waals surface area contributed by atoms with Crippen LogP contribution in [0.2, 0.25) is 5.02 Å². The number of benzene rings is 2. The summed E-state index contributed by atoms with van der Waals surface area (Å²) in [5.41, 5.74) is 2.53. The fourth-order valence-electron chi connectivity index (χ4n) is 2.01. The molecule has 0 radical (unpaired) electrons. The van der Waals surface area contributed by atoms with E-state index in [1.54, 1.807) is 25.3 Å². The number of ether oxygens (including phenoxy) is 1. The lowest BCUT2D eigenvalue weighted by Crippen LogP contribution is -2.33. The Morgan fingerprint density at radius 3 is 2.75 bits per heavy atom. The maximum absolute atomic E-state index is 12.0. The number of halogens is 1. The maximum atomic E-state index is 12.0. The van der Waals surface area contributed by atoms with Gasteiger partial charge >= 0.3 is 0 Å². The molecule has 6 heteroatoms. The van der Waals surface area contributed by atoms with Gasteiger partial charge in [-0.05, 0) is 49.0 Å². The number of hydrogen-bond donors (Lipinski definition) is 2. The number of hydrogen-bond acceptors (Lipinski definition) is 3. The number of para-hydroxylation sites is 1. The molecule has 2 aromatic rings. The van der Waals surface area contributed by atoms with E-state index in [-0.39, 0.29) is 11.0 Å². The third kappa shape index (κ3) is 5.08. The number of anilines is 1. The van der Waals surface area contributed by atoms with E-state index in [0.717, 1.165) is 16.8 Å². The second kappa shape index (κ2) is 8.47. The normalized spacial score (nSPS) is 10.5. The lowest BCUT2D eigenvalue weighted by molar-refractivity contribution is -0.115. The summed E-state index contributed by atoms with van der Waals surface area (Å²) in [6.45, 7) is 1.92. The fourth-order valence-corrected chi connectivity index (χ4v) is 2.39. The first-order valence-electron chi connectivity index (χ1n) is 7.19. The number of thiocarbonyl (C=S) groups is 1. The quantitative estimate of drug-likeness (QED) is 0.634. The van der Waals surface area contributed by atoms with Crippen molar-refractivity contribution in [3.8, 4) is 5.75 Å². The van der Waals surface area contributed by atoms with Gasteiger partial charge in [0.2, 0.25) is 5.91 Å². The molecule has 0 aliphatic rings. The standard InChI is InChI=1S/C18H17ClN2O2S/c1-12-7-9-14(19)11-15(12)20-18(24)21-17(22)10-8-13-5-3-4-6-16(13)23-2/h3-11H,1-2H3,(H2,20,21,22,24). The predicted molar refractivity (Wildman–Crippen MR) is 103 cm³/mol. The van der Waals surface area contributed by atoms with Gasteiger partial charge in [-0.3, -0.25) is 10.1 Å². The Morgan fingerprint density at radius 1 is 1.25 bits per heavy atom. The molecule has 0 atom stereocenters. The Labute approximate surface area is 151 Å². The number of nitrogens with one attached hydrogen (secondary N) is 2. The van der Waals surface area contributed by atoms with Gasteiger partial charge in [-0.2, -0.15) is 0 Å². The molecule has 2 aromatic carbocycles. The van der Waals surface area contributed by atoms with E-state index in [1.807, 2.05) is 37.3 Å². The smallest absolute Gasteiger partial charge is 0.250 e.